The summed E-state index contributed by atoms with van der Waals surface area (Å²) in [7, 11) is 0. The molecular weight excluding hydrogens is 148 g/mol. The summed E-state index contributed by atoms with van der Waals surface area (Å²) in [4.78, 5) is 3.54. The molecule has 0 aliphatic carbocycles. The lowest BCUT2D eigenvalue weighted by molar-refractivity contribution is 0.358. The topological polar surface area (TPSA) is 16.4 Å². The van der Waals surface area contributed by atoms with Gasteiger partial charge in [0.2, 0.25) is 0 Å². The van der Waals surface area contributed by atoms with Gasteiger partial charge in [0.1, 0.15) is 6.04 Å². The molecule has 1 fully saturated rings. The highest BCUT2D eigenvalue weighted by molar-refractivity contribution is 5.25. The van der Waals surface area contributed by atoms with Gasteiger partial charge in [0.25, 0.3) is 6.04 Å². The third-order valence-corrected chi connectivity index (χ3v) is 2.26. The van der Waals surface area contributed by atoms with Crippen LogP contribution in [0.25, 0.3) is 4.85 Å². The first-order valence-corrected chi connectivity index (χ1v) is 4.06. The Morgan fingerprint density at radius 2 is 2.08 bits per heavy atom. The van der Waals surface area contributed by atoms with Crippen molar-refractivity contribution in [2.24, 2.45) is 0 Å². The van der Waals surface area contributed by atoms with Crippen LogP contribution in [0.3, 0.4) is 0 Å². The highest BCUT2D eigenvalue weighted by atomic mass is 15.1. The second-order valence-corrected chi connectivity index (χ2v) is 2.99. The molecule has 1 aliphatic rings. The van der Waals surface area contributed by atoms with E-state index in [0.717, 1.165) is 6.54 Å². The molecule has 0 unspecified atom stereocenters. The fourth-order valence-corrected chi connectivity index (χ4v) is 1.46. The van der Waals surface area contributed by atoms with Gasteiger partial charge in [-0.1, -0.05) is 30.3 Å². The Morgan fingerprint density at radius 3 is 2.58 bits per heavy atom. The summed E-state index contributed by atoms with van der Waals surface area (Å²) in [6.07, 6.45) is 0. The van der Waals surface area contributed by atoms with Gasteiger partial charge in [0.05, 0.1) is 6.54 Å². The van der Waals surface area contributed by atoms with Gasteiger partial charge in [-0.05, 0) is 5.56 Å². The summed E-state index contributed by atoms with van der Waals surface area (Å²) in [6.45, 7) is 7.76. The van der Waals surface area contributed by atoms with Crippen LogP contribution in [0, 0.1) is 6.57 Å². The van der Waals surface area contributed by atoms with E-state index < -0.39 is 0 Å². The van der Waals surface area contributed by atoms with Crippen molar-refractivity contribution < 1.29 is 0 Å². The monoisotopic (exact) mass is 158 g/mol. The van der Waals surface area contributed by atoms with E-state index in [1.807, 2.05) is 18.2 Å². The van der Waals surface area contributed by atoms with Crippen LogP contribution in [0.2, 0.25) is 0 Å². The van der Waals surface area contributed by atoms with Crippen molar-refractivity contribution in [3.63, 3.8) is 0 Å². The van der Waals surface area contributed by atoms with Crippen LogP contribution in [0.15, 0.2) is 30.3 Å². The summed E-state index contributed by atoms with van der Waals surface area (Å²) in [5.74, 6) is 0. The number of nitrogens with one attached hydrogen (secondary N) is 1. The molecule has 0 aromatic heterocycles. The molecule has 0 amide bonds. The van der Waals surface area contributed by atoms with E-state index in [9.17, 15) is 0 Å². The predicted molar refractivity (Wildman–Crippen MR) is 47.6 cm³/mol. The van der Waals surface area contributed by atoms with Gasteiger partial charge in [-0.25, -0.2) is 6.57 Å². The zero-order valence-corrected chi connectivity index (χ0v) is 6.70. The molecule has 1 saturated heterocycles. The molecule has 2 nitrogen and oxygen atoms in total. The molecule has 1 N–H and O–H groups in total. The summed E-state index contributed by atoms with van der Waals surface area (Å²) >= 11 is 0. The Bertz CT molecular complexity index is 299. The Morgan fingerprint density at radius 1 is 1.33 bits per heavy atom. The summed E-state index contributed by atoms with van der Waals surface area (Å²) in [5, 5.41) is 3.25. The molecule has 2 rings (SSSR count). The molecule has 1 aliphatic heterocycles. The highest BCUT2D eigenvalue weighted by Gasteiger charge is 2.36. The number of rotatable bonds is 1. The number of hydrogen-bond donors (Lipinski definition) is 1. The smallest absolute Gasteiger partial charge is 0.255 e. The third kappa shape index (κ3) is 1.09. The number of nitrogens with zero attached hydrogens (tertiary/aromatic N) is 1. The van der Waals surface area contributed by atoms with Crippen LogP contribution in [0.1, 0.15) is 11.6 Å². The molecule has 0 saturated carbocycles. The Balaban J connectivity index is 2.17. The van der Waals surface area contributed by atoms with E-state index in [-0.39, 0.29) is 12.1 Å². The van der Waals surface area contributed by atoms with E-state index in [2.05, 4.69) is 22.3 Å². The molecule has 2 atom stereocenters. The van der Waals surface area contributed by atoms with Crippen LogP contribution in [0.4, 0.5) is 0 Å². The standard InChI is InChI=1S/C10H10N2/c1-11-9-7-12-10(9)8-5-3-2-4-6-8/h2-6,9-10,12H,7H2/t9-,10+/m1/s1. The minimum absolute atomic E-state index is 0.146. The molecule has 0 radical (unpaired) electrons. The van der Waals surface area contributed by atoms with Crippen molar-refractivity contribution in [1.82, 2.24) is 5.32 Å². The van der Waals surface area contributed by atoms with Gasteiger partial charge in [0, 0.05) is 0 Å². The van der Waals surface area contributed by atoms with E-state index in [0.29, 0.717) is 0 Å². The molecule has 0 bridgehead atoms. The molecule has 0 spiro atoms. The maximum Gasteiger partial charge on any atom is 0.255 e. The quantitative estimate of drug-likeness (QED) is 0.614. The average molecular weight is 158 g/mol. The van der Waals surface area contributed by atoms with Gasteiger partial charge < -0.3 is 4.85 Å². The first kappa shape index (κ1) is 7.33. The van der Waals surface area contributed by atoms with Crippen LogP contribution in [-0.2, 0) is 0 Å². The molecule has 12 heavy (non-hydrogen) atoms. The Labute approximate surface area is 72.0 Å². The van der Waals surface area contributed by atoms with Gasteiger partial charge in [-0.2, -0.15) is 0 Å². The lowest BCUT2D eigenvalue weighted by Gasteiger charge is -2.29. The van der Waals surface area contributed by atoms with Crippen LogP contribution in [0.5, 0.6) is 0 Å². The van der Waals surface area contributed by atoms with Crippen molar-refractivity contribution in [1.29, 1.82) is 0 Å². The normalized spacial score (nSPS) is 27.2. The SMILES string of the molecule is [C-]#[N+][C@@H]1CN[C@H]1c1ccccc1. The van der Waals surface area contributed by atoms with Gasteiger partial charge in [-0.3, -0.25) is 5.32 Å². The van der Waals surface area contributed by atoms with Gasteiger partial charge in [0.15, 0.2) is 0 Å². The maximum absolute atomic E-state index is 6.92. The molecule has 1 aromatic carbocycles. The maximum atomic E-state index is 6.92. The molecule has 2 heteroatoms. The van der Waals surface area contributed by atoms with Gasteiger partial charge >= 0.3 is 0 Å². The molecular formula is C10H10N2. The second kappa shape index (κ2) is 2.96. The Hall–Kier alpha value is -1.33. The van der Waals surface area contributed by atoms with Crippen molar-refractivity contribution in [2.75, 3.05) is 6.54 Å². The van der Waals surface area contributed by atoms with Crippen molar-refractivity contribution in [3.05, 3.63) is 47.3 Å². The summed E-state index contributed by atoms with van der Waals surface area (Å²) < 4.78 is 0. The second-order valence-electron chi connectivity index (χ2n) is 2.99. The first-order chi connectivity index (χ1) is 5.92. The van der Waals surface area contributed by atoms with Gasteiger partial charge in [-0.15, -0.1) is 0 Å². The summed E-state index contributed by atoms with van der Waals surface area (Å²) in [5.41, 5.74) is 1.23. The predicted octanol–water partition coefficient (Wildman–Crippen LogP) is 1.62. The number of hydrogen-bond acceptors (Lipinski definition) is 1. The zero-order valence-electron chi connectivity index (χ0n) is 6.70. The lowest BCUT2D eigenvalue weighted by atomic mass is 9.93. The Kier molecular flexibility index (Phi) is 1.81. The van der Waals surface area contributed by atoms with Crippen LogP contribution < -0.4 is 5.32 Å². The zero-order chi connectivity index (χ0) is 8.39. The minimum Gasteiger partial charge on any atom is -0.310 e. The van der Waals surface area contributed by atoms with E-state index in [4.69, 9.17) is 6.57 Å². The fourth-order valence-electron chi connectivity index (χ4n) is 1.46. The third-order valence-electron chi connectivity index (χ3n) is 2.26. The van der Waals surface area contributed by atoms with Crippen molar-refractivity contribution >= 4 is 0 Å². The largest absolute Gasteiger partial charge is 0.310 e. The molecule has 1 aromatic rings. The highest BCUT2D eigenvalue weighted by Crippen LogP contribution is 2.25. The van der Waals surface area contributed by atoms with Crippen LogP contribution >= 0.6 is 0 Å². The first-order valence-electron chi connectivity index (χ1n) is 4.06. The molecule has 60 valence electrons. The van der Waals surface area contributed by atoms with Crippen molar-refractivity contribution in [3.8, 4) is 0 Å². The average Bonchev–Trinajstić information content (AvgIpc) is 2.05. The lowest BCUT2D eigenvalue weighted by Crippen LogP contribution is -2.48. The summed E-state index contributed by atoms with van der Waals surface area (Å²) in [6, 6.07) is 10.6. The van der Waals surface area contributed by atoms with E-state index in [1.165, 1.54) is 5.56 Å². The van der Waals surface area contributed by atoms with E-state index in [1.54, 1.807) is 0 Å². The fraction of sp³-hybridized carbons (Fsp3) is 0.300. The van der Waals surface area contributed by atoms with Crippen molar-refractivity contribution in [2.45, 2.75) is 12.1 Å². The molecule has 1 heterocycles. The number of benzene rings is 1. The van der Waals surface area contributed by atoms with Crippen LogP contribution in [-0.4, -0.2) is 12.6 Å². The minimum atomic E-state index is 0.146. The van der Waals surface area contributed by atoms with E-state index >= 15 is 0 Å².